The molecule has 0 spiro atoms. The number of ether oxygens (including phenoxy) is 1. The van der Waals surface area contributed by atoms with Crippen molar-refractivity contribution in [3.8, 4) is 17.3 Å². The van der Waals surface area contributed by atoms with Crippen molar-refractivity contribution in [3.05, 3.63) is 65.0 Å². The topological polar surface area (TPSA) is 93.5 Å². The summed E-state index contributed by atoms with van der Waals surface area (Å²) in [6, 6.07) is 14.7. The van der Waals surface area contributed by atoms with E-state index in [2.05, 4.69) is 15.5 Å². The lowest BCUT2D eigenvalue weighted by Gasteiger charge is -2.13. The summed E-state index contributed by atoms with van der Waals surface area (Å²) in [7, 11) is 0. The molecule has 31 heavy (non-hydrogen) atoms. The molecule has 2 aromatic carbocycles. The Morgan fingerprint density at radius 1 is 1.16 bits per heavy atom. The van der Waals surface area contributed by atoms with Gasteiger partial charge in [0.25, 0.3) is 0 Å². The molecule has 0 bridgehead atoms. The fourth-order valence-electron chi connectivity index (χ4n) is 3.10. The van der Waals surface area contributed by atoms with Gasteiger partial charge in [0.2, 0.25) is 11.7 Å². The van der Waals surface area contributed by atoms with Crippen molar-refractivity contribution in [1.82, 2.24) is 15.5 Å². The van der Waals surface area contributed by atoms with Gasteiger partial charge in [-0.1, -0.05) is 42.7 Å². The molecule has 4 aromatic rings. The summed E-state index contributed by atoms with van der Waals surface area (Å²) >= 11 is 5.96. The Hall–Kier alpha value is -2.87. The van der Waals surface area contributed by atoms with Crippen molar-refractivity contribution in [1.29, 1.82) is 0 Å². The fourth-order valence-corrected chi connectivity index (χ4v) is 3.30. The van der Waals surface area contributed by atoms with E-state index in [4.69, 9.17) is 25.3 Å². The lowest BCUT2D eigenvalue weighted by Crippen LogP contribution is -2.26. The summed E-state index contributed by atoms with van der Waals surface area (Å²) < 4.78 is 16.9. The Kier molecular flexibility index (Phi) is 6.56. The SMILES string of the molecule is CC(C)c1nc(-c2cc3cc(OCCNC[C@H](O)c4cccc(Cl)c4)ccc3o2)no1. The van der Waals surface area contributed by atoms with Crippen LogP contribution in [0, 0.1) is 0 Å². The number of benzene rings is 2. The summed E-state index contributed by atoms with van der Waals surface area (Å²) in [5, 5.41) is 18.9. The van der Waals surface area contributed by atoms with E-state index in [0.717, 1.165) is 22.3 Å². The van der Waals surface area contributed by atoms with Gasteiger partial charge in [0.05, 0.1) is 6.10 Å². The summed E-state index contributed by atoms with van der Waals surface area (Å²) in [4.78, 5) is 4.37. The molecule has 0 aliphatic heterocycles. The predicted molar refractivity (Wildman–Crippen MR) is 118 cm³/mol. The van der Waals surface area contributed by atoms with Crippen LogP contribution in [0.25, 0.3) is 22.6 Å². The van der Waals surface area contributed by atoms with E-state index < -0.39 is 6.10 Å². The lowest BCUT2D eigenvalue weighted by molar-refractivity contribution is 0.172. The average molecular weight is 442 g/mol. The van der Waals surface area contributed by atoms with Crippen LogP contribution in [-0.2, 0) is 0 Å². The van der Waals surface area contributed by atoms with Gasteiger partial charge in [0, 0.05) is 29.4 Å². The number of aromatic nitrogens is 2. The van der Waals surface area contributed by atoms with Gasteiger partial charge in [-0.2, -0.15) is 4.98 Å². The number of hydrogen-bond donors (Lipinski definition) is 2. The van der Waals surface area contributed by atoms with E-state index in [-0.39, 0.29) is 5.92 Å². The molecular weight excluding hydrogens is 418 g/mol. The molecule has 2 N–H and O–H groups in total. The van der Waals surface area contributed by atoms with Crippen molar-refractivity contribution >= 4 is 22.6 Å². The van der Waals surface area contributed by atoms with Crippen LogP contribution in [0.2, 0.25) is 5.02 Å². The van der Waals surface area contributed by atoms with E-state index in [0.29, 0.717) is 42.2 Å². The zero-order valence-electron chi connectivity index (χ0n) is 17.3. The second-order valence-corrected chi connectivity index (χ2v) is 7.98. The molecule has 8 heteroatoms. The number of furan rings is 1. The molecule has 0 aliphatic rings. The number of rotatable bonds is 9. The first-order valence-electron chi connectivity index (χ1n) is 10.1. The maximum absolute atomic E-state index is 10.2. The van der Waals surface area contributed by atoms with Crippen molar-refractivity contribution < 1.29 is 18.8 Å². The first-order valence-corrected chi connectivity index (χ1v) is 10.5. The molecule has 2 heterocycles. The second-order valence-electron chi connectivity index (χ2n) is 7.54. The Labute approximate surface area is 185 Å². The van der Waals surface area contributed by atoms with Gasteiger partial charge >= 0.3 is 0 Å². The molecule has 0 fully saturated rings. The number of hydrogen-bond acceptors (Lipinski definition) is 7. The van der Waals surface area contributed by atoms with Gasteiger partial charge in [-0.15, -0.1) is 0 Å². The quantitative estimate of drug-likeness (QED) is 0.354. The van der Waals surface area contributed by atoms with E-state index in [1.165, 1.54) is 0 Å². The van der Waals surface area contributed by atoms with Crippen LogP contribution in [0.5, 0.6) is 5.75 Å². The van der Waals surface area contributed by atoms with Crippen LogP contribution in [0.1, 0.15) is 37.3 Å². The lowest BCUT2D eigenvalue weighted by atomic mass is 10.1. The highest BCUT2D eigenvalue weighted by Gasteiger charge is 2.15. The van der Waals surface area contributed by atoms with E-state index >= 15 is 0 Å². The summed E-state index contributed by atoms with van der Waals surface area (Å²) in [5.41, 5.74) is 1.50. The van der Waals surface area contributed by atoms with Gasteiger partial charge in [-0.3, -0.25) is 0 Å². The van der Waals surface area contributed by atoms with Crippen LogP contribution in [0.15, 0.2) is 57.5 Å². The number of aliphatic hydroxyl groups is 1. The van der Waals surface area contributed by atoms with Crippen molar-refractivity contribution in [2.75, 3.05) is 19.7 Å². The Morgan fingerprint density at radius 2 is 2.03 bits per heavy atom. The smallest absolute Gasteiger partial charge is 0.238 e. The maximum atomic E-state index is 10.2. The van der Waals surface area contributed by atoms with E-state index in [9.17, 15) is 5.11 Å². The average Bonchev–Trinajstić information content (AvgIpc) is 3.40. The molecule has 1 atom stereocenters. The van der Waals surface area contributed by atoms with Crippen LogP contribution in [0.3, 0.4) is 0 Å². The molecule has 162 valence electrons. The molecule has 0 aliphatic carbocycles. The van der Waals surface area contributed by atoms with E-state index in [1.807, 2.05) is 50.2 Å². The fraction of sp³-hybridized carbons (Fsp3) is 0.304. The van der Waals surface area contributed by atoms with Gasteiger partial charge in [0.15, 0.2) is 5.76 Å². The van der Waals surface area contributed by atoms with Gasteiger partial charge < -0.3 is 24.1 Å². The minimum atomic E-state index is -0.624. The molecule has 0 saturated heterocycles. The van der Waals surface area contributed by atoms with Crippen molar-refractivity contribution in [2.45, 2.75) is 25.9 Å². The minimum Gasteiger partial charge on any atom is -0.492 e. The van der Waals surface area contributed by atoms with Gasteiger partial charge in [-0.25, -0.2) is 0 Å². The first kappa shape index (κ1) is 21.4. The number of aliphatic hydroxyl groups excluding tert-OH is 1. The normalized spacial score (nSPS) is 12.5. The highest BCUT2D eigenvalue weighted by Crippen LogP contribution is 2.29. The molecule has 0 unspecified atom stereocenters. The largest absolute Gasteiger partial charge is 0.492 e. The number of fused-ring (bicyclic) bond motifs is 1. The van der Waals surface area contributed by atoms with Gasteiger partial charge in [-0.05, 0) is 42.0 Å². The zero-order chi connectivity index (χ0) is 21.8. The standard InChI is InChI=1S/C23H24ClN3O4/c1-14(2)23-26-22(27-31-23)21-12-16-11-18(6-7-20(16)30-21)29-9-8-25-13-19(28)15-4-3-5-17(24)10-15/h3-7,10-12,14,19,25,28H,8-9,13H2,1-2H3/t19-/m0/s1. The first-order chi connectivity index (χ1) is 15.0. The molecule has 0 radical (unpaired) electrons. The third-order valence-electron chi connectivity index (χ3n) is 4.76. The number of nitrogens with one attached hydrogen (secondary N) is 1. The van der Waals surface area contributed by atoms with Crippen LogP contribution in [0.4, 0.5) is 0 Å². The predicted octanol–water partition coefficient (Wildman–Crippen LogP) is 4.96. The van der Waals surface area contributed by atoms with Crippen LogP contribution < -0.4 is 10.1 Å². The highest BCUT2D eigenvalue weighted by atomic mass is 35.5. The summed E-state index contributed by atoms with van der Waals surface area (Å²) in [6.07, 6.45) is -0.624. The monoisotopic (exact) mass is 441 g/mol. The zero-order valence-corrected chi connectivity index (χ0v) is 18.1. The van der Waals surface area contributed by atoms with Crippen LogP contribution in [-0.4, -0.2) is 34.9 Å². The molecule has 2 aromatic heterocycles. The van der Waals surface area contributed by atoms with Crippen molar-refractivity contribution in [2.24, 2.45) is 0 Å². The third kappa shape index (κ3) is 5.25. The Balaban J connectivity index is 1.30. The number of nitrogens with zero attached hydrogens (tertiary/aromatic N) is 2. The Bertz CT molecular complexity index is 1150. The minimum absolute atomic E-state index is 0.158. The highest BCUT2D eigenvalue weighted by molar-refractivity contribution is 6.30. The summed E-state index contributed by atoms with van der Waals surface area (Å²) in [5.74, 6) is 2.45. The van der Waals surface area contributed by atoms with Crippen molar-refractivity contribution in [3.63, 3.8) is 0 Å². The van der Waals surface area contributed by atoms with Crippen LogP contribution >= 0.6 is 11.6 Å². The third-order valence-corrected chi connectivity index (χ3v) is 5.00. The molecular formula is C23H24ClN3O4. The second kappa shape index (κ2) is 9.51. The molecule has 4 rings (SSSR count). The maximum Gasteiger partial charge on any atom is 0.238 e. The molecule has 7 nitrogen and oxygen atoms in total. The summed E-state index contributed by atoms with van der Waals surface area (Å²) in [6.45, 7) is 5.45. The molecule has 0 amide bonds. The van der Waals surface area contributed by atoms with E-state index in [1.54, 1.807) is 12.1 Å². The Morgan fingerprint density at radius 3 is 2.81 bits per heavy atom. The van der Waals surface area contributed by atoms with Gasteiger partial charge in [0.1, 0.15) is 17.9 Å². The molecule has 0 saturated carbocycles. The number of halogens is 1.